The lowest BCUT2D eigenvalue weighted by atomic mass is 9.52. The molecule has 2 aliphatic heterocycles. The fraction of sp³-hybridized carbons (Fsp3) is 0.673. The van der Waals surface area contributed by atoms with Crippen LogP contribution in [0.25, 0.3) is 0 Å². The van der Waals surface area contributed by atoms with E-state index in [1.165, 1.54) is 52.7 Å². The van der Waals surface area contributed by atoms with E-state index >= 15 is 0 Å². The topological polar surface area (TPSA) is 38.7 Å². The summed E-state index contributed by atoms with van der Waals surface area (Å²) in [6.45, 7) is 32.9. The highest BCUT2D eigenvalue weighted by Crippen LogP contribution is 2.63. The lowest BCUT2D eigenvalue weighted by Gasteiger charge is -2.55. The average molecular weight is 707 g/mol. The van der Waals surface area contributed by atoms with E-state index in [4.69, 9.17) is 9.47 Å². The maximum Gasteiger partial charge on any atom is 0.106 e. The van der Waals surface area contributed by atoms with Crippen molar-refractivity contribution in [3.05, 3.63) is 91.1 Å². The normalized spacial score (nSPS) is 37.5. The van der Waals surface area contributed by atoms with Crippen LogP contribution in [0.1, 0.15) is 155 Å². The van der Waals surface area contributed by atoms with Gasteiger partial charge in [0.1, 0.15) is 6.10 Å². The minimum absolute atomic E-state index is 0.0187. The van der Waals surface area contributed by atoms with Crippen molar-refractivity contribution in [1.82, 2.24) is 0 Å². The van der Waals surface area contributed by atoms with Crippen LogP contribution < -0.4 is 0 Å². The molecule has 1 fully saturated rings. The Bertz CT molecular complexity index is 1730. The van der Waals surface area contributed by atoms with Gasteiger partial charge in [0, 0.05) is 35.7 Å². The Morgan fingerprint density at radius 2 is 1.48 bits per heavy atom. The third kappa shape index (κ3) is 6.03. The Labute approximate surface area is 317 Å². The van der Waals surface area contributed by atoms with Gasteiger partial charge in [0.15, 0.2) is 0 Å². The number of aliphatic hydroxyl groups excluding tert-OH is 1. The summed E-state index contributed by atoms with van der Waals surface area (Å²) in [4.78, 5) is 0. The van der Waals surface area contributed by atoms with Gasteiger partial charge >= 0.3 is 0 Å². The van der Waals surface area contributed by atoms with Crippen molar-refractivity contribution in [2.75, 3.05) is 13.2 Å². The van der Waals surface area contributed by atoms with E-state index in [0.717, 1.165) is 26.1 Å². The fourth-order valence-corrected chi connectivity index (χ4v) is 12.6. The van der Waals surface area contributed by atoms with Crippen molar-refractivity contribution >= 4 is 0 Å². The second kappa shape index (κ2) is 14.1. The Morgan fingerprint density at radius 1 is 0.750 bits per heavy atom. The first kappa shape index (κ1) is 38.1. The summed E-state index contributed by atoms with van der Waals surface area (Å²) in [5, 5.41) is 11.5. The SMILES string of the molecule is CC1=CCC(C)C(C(C2=CC(C)CCC2C)c2ccc(C)c3c2C(C)C2=C(C(C)C4=C(C(C5CCC(C)CO5)OCC4C)C2(C)C)C3C)=C1C(C)O. The molecule has 3 nitrogen and oxygen atoms in total. The van der Waals surface area contributed by atoms with Crippen LogP contribution in [0, 0.1) is 47.8 Å². The Balaban J connectivity index is 1.45. The smallest absolute Gasteiger partial charge is 0.106 e. The van der Waals surface area contributed by atoms with Crippen LogP contribution in [-0.4, -0.2) is 36.6 Å². The third-order valence-electron chi connectivity index (χ3n) is 14.9. The van der Waals surface area contributed by atoms with Crippen LogP contribution in [0.3, 0.4) is 0 Å². The van der Waals surface area contributed by atoms with Gasteiger partial charge in [-0.1, -0.05) is 116 Å². The van der Waals surface area contributed by atoms with E-state index in [9.17, 15) is 5.11 Å². The number of benzene rings is 1. The zero-order valence-corrected chi connectivity index (χ0v) is 35.0. The molecule has 12 atom stereocenters. The molecule has 1 N–H and O–H groups in total. The first-order chi connectivity index (χ1) is 24.6. The molecule has 0 aromatic heterocycles. The Morgan fingerprint density at radius 3 is 2.15 bits per heavy atom. The molecule has 1 aromatic rings. The predicted octanol–water partition coefficient (Wildman–Crippen LogP) is 12.1. The molecule has 0 spiro atoms. The molecule has 2 heterocycles. The average Bonchev–Trinajstić information content (AvgIpc) is 3.09. The van der Waals surface area contributed by atoms with Gasteiger partial charge in [0.05, 0.1) is 18.8 Å². The number of allylic oxidation sites excluding steroid dienone is 6. The number of aliphatic hydroxyl groups is 1. The molecule has 4 aliphatic carbocycles. The number of hydrogen-bond donors (Lipinski definition) is 1. The number of aryl methyl sites for hydroxylation is 1. The van der Waals surface area contributed by atoms with E-state index in [0.29, 0.717) is 41.4 Å². The van der Waals surface area contributed by atoms with Crippen LogP contribution in [0.2, 0.25) is 0 Å². The standard InChI is InChI=1S/C49H70O3/c1-25-14-16-27(3)37(22-25)45(42-30(6)18-17-29(5)41(42)35(11)50)36-20-19-28(4)39-32(8)43-33(9)40-31(7)24-52-48(38-21-15-26(2)23-51-38)47(40)49(12,13)46(43)34(10)44(36)39/h17,19-20,22,25-27,30-35,38,45,48,50H,14-16,18,21,23-24H2,1-13H3. The lowest BCUT2D eigenvalue weighted by molar-refractivity contribution is -0.105. The molecule has 1 saturated heterocycles. The van der Waals surface area contributed by atoms with Crippen LogP contribution in [0.4, 0.5) is 0 Å². The highest BCUT2D eigenvalue weighted by Gasteiger charge is 2.53. The molecule has 0 radical (unpaired) electrons. The first-order valence-corrected chi connectivity index (χ1v) is 21.2. The summed E-state index contributed by atoms with van der Waals surface area (Å²) < 4.78 is 13.5. The molecular formula is C49H70O3. The summed E-state index contributed by atoms with van der Waals surface area (Å²) in [5.41, 5.74) is 17.8. The number of rotatable bonds is 5. The van der Waals surface area contributed by atoms with Gasteiger partial charge in [-0.3, -0.25) is 0 Å². The number of hydrogen-bond acceptors (Lipinski definition) is 3. The van der Waals surface area contributed by atoms with Gasteiger partial charge in [0.25, 0.3) is 0 Å². The van der Waals surface area contributed by atoms with Crippen molar-refractivity contribution in [2.45, 2.75) is 158 Å². The first-order valence-electron chi connectivity index (χ1n) is 21.2. The highest BCUT2D eigenvalue weighted by molar-refractivity contribution is 5.64. The van der Waals surface area contributed by atoms with Crippen LogP contribution in [0.5, 0.6) is 0 Å². The van der Waals surface area contributed by atoms with Gasteiger partial charge in [-0.25, -0.2) is 0 Å². The second-order valence-corrected chi connectivity index (χ2v) is 19.2. The quantitative estimate of drug-likeness (QED) is 0.310. The maximum atomic E-state index is 11.5. The third-order valence-corrected chi connectivity index (χ3v) is 14.9. The van der Waals surface area contributed by atoms with Gasteiger partial charge < -0.3 is 14.6 Å². The van der Waals surface area contributed by atoms with Gasteiger partial charge in [-0.15, -0.1) is 0 Å². The molecule has 0 saturated carbocycles. The summed E-state index contributed by atoms with van der Waals surface area (Å²) in [6, 6.07) is 4.97. The van der Waals surface area contributed by atoms with E-state index in [-0.39, 0.29) is 29.5 Å². The monoisotopic (exact) mass is 707 g/mol. The van der Waals surface area contributed by atoms with Crippen LogP contribution >= 0.6 is 0 Å². The molecule has 284 valence electrons. The van der Waals surface area contributed by atoms with Gasteiger partial charge in [-0.05, 0) is 127 Å². The molecule has 3 heteroatoms. The number of fused-ring (bicyclic) bond motifs is 1. The molecule has 0 amide bonds. The van der Waals surface area contributed by atoms with E-state index < -0.39 is 6.10 Å². The molecular weight excluding hydrogens is 637 g/mol. The molecule has 12 unspecified atom stereocenters. The number of ether oxygens (including phenoxy) is 2. The largest absolute Gasteiger partial charge is 0.389 e. The second-order valence-electron chi connectivity index (χ2n) is 19.2. The Hall–Kier alpha value is -2.20. The molecule has 7 rings (SSSR count). The Kier molecular flexibility index (Phi) is 10.4. The van der Waals surface area contributed by atoms with Crippen molar-refractivity contribution in [3.8, 4) is 0 Å². The van der Waals surface area contributed by atoms with Gasteiger partial charge in [0.2, 0.25) is 0 Å². The molecule has 0 bridgehead atoms. The van der Waals surface area contributed by atoms with E-state index in [1.807, 2.05) is 6.92 Å². The van der Waals surface area contributed by atoms with E-state index in [1.54, 1.807) is 33.4 Å². The fourth-order valence-electron chi connectivity index (χ4n) is 12.6. The minimum Gasteiger partial charge on any atom is -0.389 e. The summed E-state index contributed by atoms with van der Waals surface area (Å²) in [7, 11) is 0. The van der Waals surface area contributed by atoms with Crippen molar-refractivity contribution in [2.24, 2.45) is 40.9 Å². The predicted molar refractivity (Wildman–Crippen MR) is 217 cm³/mol. The molecule has 52 heavy (non-hydrogen) atoms. The maximum absolute atomic E-state index is 11.5. The highest BCUT2D eigenvalue weighted by atomic mass is 16.5. The zero-order valence-electron chi connectivity index (χ0n) is 35.0. The minimum atomic E-state index is -0.501. The molecule has 1 aromatic carbocycles. The summed E-state index contributed by atoms with van der Waals surface area (Å²) >= 11 is 0. The van der Waals surface area contributed by atoms with Crippen molar-refractivity contribution in [1.29, 1.82) is 0 Å². The summed E-state index contributed by atoms with van der Waals surface area (Å²) in [6.07, 6.45) is 10.4. The summed E-state index contributed by atoms with van der Waals surface area (Å²) in [5.74, 6) is 3.58. The van der Waals surface area contributed by atoms with Crippen LogP contribution in [-0.2, 0) is 9.47 Å². The van der Waals surface area contributed by atoms with Gasteiger partial charge in [-0.2, -0.15) is 0 Å². The van der Waals surface area contributed by atoms with E-state index in [2.05, 4.69) is 107 Å². The van der Waals surface area contributed by atoms with Crippen LogP contribution in [0.15, 0.2) is 68.9 Å². The van der Waals surface area contributed by atoms with Crippen molar-refractivity contribution in [3.63, 3.8) is 0 Å². The lowest BCUT2D eigenvalue weighted by Crippen LogP contribution is -2.49. The zero-order chi connectivity index (χ0) is 37.5. The van der Waals surface area contributed by atoms with Crippen molar-refractivity contribution < 1.29 is 14.6 Å². The molecule has 6 aliphatic rings.